The van der Waals surface area contributed by atoms with Gasteiger partial charge in [-0.25, -0.2) is 4.79 Å². The van der Waals surface area contributed by atoms with Crippen molar-refractivity contribution in [1.82, 2.24) is 0 Å². The van der Waals surface area contributed by atoms with Crippen LogP contribution < -0.4 is 0 Å². The molecule has 1 aromatic rings. The molecule has 1 N–H and O–H groups in total. The van der Waals surface area contributed by atoms with Gasteiger partial charge in [0.15, 0.2) is 0 Å². The van der Waals surface area contributed by atoms with Crippen LogP contribution in [0.4, 0.5) is 0 Å². The maximum Gasteiger partial charge on any atom is 0.342 e. The molecule has 6 heteroatoms. The molecular formula is C9H7Cl3O3. The van der Waals surface area contributed by atoms with Gasteiger partial charge in [0.2, 0.25) is 3.79 Å². The predicted molar refractivity (Wildman–Crippen MR) is 58.7 cm³/mol. The van der Waals surface area contributed by atoms with Crippen LogP contribution in [0.5, 0.6) is 5.75 Å². The monoisotopic (exact) mass is 268 g/mol. The molecular weight excluding hydrogens is 262 g/mol. The van der Waals surface area contributed by atoms with E-state index in [-0.39, 0.29) is 17.9 Å². The maximum atomic E-state index is 11.4. The molecule has 0 atom stereocenters. The molecule has 0 saturated heterocycles. The first kappa shape index (κ1) is 12.4. The van der Waals surface area contributed by atoms with E-state index < -0.39 is 9.76 Å². The molecule has 0 radical (unpaired) electrons. The van der Waals surface area contributed by atoms with E-state index in [2.05, 4.69) is 4.74 Å². The Hall–Kier alpha value is -0.640. The van der Waals surface area contributed by atoms with Gasteiger partial charge in [0.05, 0.1) is 0 Å². The van der Waals surface area contributed by atoms with E-state index in [1.807, 2.05) is 0 Å². The molecule has 0 aromatic heterocycles. The summed E-state index contributed by atoms with van der Waals surface area (Å²) in [7, 11) is 0. The highest BCUT2D eigenvalue weighted by atomic mass is 35.6. The molecule has 0 saturated carbocycles. The van der Waals surface area contributed by atoms with Gasteiger partial charge >= 0.3 is 5.97 Å². The van der Waals surface area contributed by atoms with Crippen LogP contribution >= 0.6 is 34.8 Å². The van der Waals surface area contributed by atoms with Gasteiger partial charge in [0, 0.05) is 0 Å². The number of phenolic OH excluding ortho intramolecular Hbond substituents is 1. The third-order valence-corrected chi connectivity index (χ3v) is 1.82. The summed E-state index contributed by atoms with van der Waals surface area (Å²) in [6.45, 7) is -0.370. The molecule has 0 bridgehead atoms. The van der Waals surface area contributed by atoms with Crippen molar-refractivity contribution in [2.24, 2.45) is 0 Å². The summed E-state index contributed by atoms with van der Waals surface area (Å²) in [5, 5.41) is 9.31. The second-order valence-corrected chi connectivity index (χ2v) is 5.22. The van der Waals surface area contributed by atoms with Crippen molar-refractivity contribution in [1.29, 1.82) is 0 Å². The van der Waals surface area contributed by atoms with Crippen molar-refractivity contribution in [3.05, 3.63) is 29.8 Å². The van der Waals surface area contributed by atoms with Crippen LogP contribution in [0.1, 0.15) is 10.4 Å². The van der Waals surface area contributed by atoms with E-state index in [9.17, 15) is 9.90 Å². The minimum Gasteiger partial charge on any atom is -0.507 e. The summed E-state index contributed by atoms with van der Waals surface area (Å²) >= 11 is 16.2. The number of carbonyl (C=O) groups is 1. The Kier molecular flexibility index (Phi) is 4.08. The normalized spacial score (nSPS) is 11.1. The van der Waals surface area contributed by atoms with Crippen LogP contribution in [-0.2, 0) is 4.74 Å². The molecule has 0 aliphatic heterocycles. The number of hydrogen-bond acceptors (Lipinski definition) is 3. The zero-order chi connectivity index (χ0) is 11.5. The number of benzene rings is 1. The lowest BCUT2D eigenvalue weighted by Crippen LogP contribution is -2.17. The Bertz CT molecular complexity index is 360. The molecule has 0 fully saturated rings. The summed E-state index contributed by atoms with van der Waals surface area (Å²) < 4.78 is 3.03. The van der Waals surface area contributed by atoms with Crippen molar-refractivity contribution < 1.29 is 14.6 Å². The molecule has 0 aliphatic carbocycles. The van der Waals surface area contributed by atoms with Crippen molar-refractivity contribution in [3.8, 4) is 5.75 Å². The van der Waals surface area contributed by atoms with Crippen molar-refractivity contribution in [2.75, 3.05) is 6.61 Å². The van der Waals surface area contributed by atoms with Crippen LogP contribution in [-0.4, -0.2) is 21.5 Å². The zero-order valence-electron chi connectivity index (χ0n) is 7.41. The fourth-order valence-corrected chi connectivity index (χ4v) is 1.04. The highest BCUT2D eigenvalue weighted by Crippen LogP contribution is 2.27. The quantitative estimate of drug-likeness (QED) is 0.663. The van der Waals surface area contributed by atoms with Gasteiger partial charge < -0.3 is 9.84 Å². The zero-order valence-corrected chi connectivity index (χ0v) is 9.68. The number of aromatic hydroxyl groups is 1. The first-order chi connectivity index (χ1) is 6.90. The molecule has 1 aromatic carbocycles. The van der Waals surface area contributed by atoms with Crippen molar-refractivity contribution >= 4 is 40.8 Å². The Morgan fingerprint density at radius 3 is 2.47 bits per heavy atom. The van der Waals surface area contributed by atoms with Crippen LogP contribution in [0.25, 0.3) is 0 Å². The first-order valence-corrected chi connectivity index (χ1v) is 5.05. The van der Waals surface area contributed by atoms with Gasteiger partial charge in [0.25, 0.3) is 0 Å². The Morgan fingerprint density at radius 1 is 1.33 bits per heavy atom. The average Bonchev–Trinajstić information content (AvgIpc) is 2.14. The van der Waals surface area contributed by atoms with Crippen molar-refractivity contribution in [2.45, 2.75) is 3.79 Å². The highest BCUT2D eigenvalue weighted by Gasteiger charge is 2.23. The second-order valence-electron chi connectivity index (χ2n) is 2.71. The van der Waals surface area contributed by atoms with Gasteiger partial charge in [-0.05, 0) is 12.1 Å². The standard InChI is InChI=1S/C9H7Cl3O3/c10-9(11,12)5-15-8(14)6-3-1-2-4-7(6)13/h1-4,13H,5H2. The fourth-order valence-electron chi connectivity index (χ4n) is 0.871. The molecule has 82 valence electrons. The SMILES string of the molecule is O=C(OCC(Cl)(Cl)Cl)c1ccccc1O. The Balaban J connectivity index is 2.66. The number of halogens is 3. The number of para-hydroxylation sites is 1. The van der Waals surface area contributed by atoms with Crippen LogP contribution in [0.2, 0.25) is 0 Å². The summed E-state index contributed by atoms with van der Waals surface area (Å²) in [6.07, 6.45) is 0. The number of ether oxygens (including phenoxy) is 1. The van der Waals surface area contributed by atoms with E-state index in [1.165, 1.54) is 12.1 Å². The Labute approximate surface area is 102 Å². The lowest BCUT2D eigenvalue weighted by atomic mass is 10.2. The van der Waals surface area contributed by atoms with Crippen LogP contribution in [0, 0.1) is 0 Å². The largest absolute Gasteiger partial charge is 0.507 e. The number of rotatable bonds is 2. The summed E-state index contributed by atoms with van der Waals surface area (Å²) in [5.74, 6) is -0.911. The summed E-state index contributed by atoms with van der Waals surface area (Å²) in [5.41, 5.74) is 0.0340. The lowest BCUT2D eigenvalue weighted by Gasteiger charge is -2.11. The van der Waals surface area contributed by atoms with E-state index in [4.69, 9.17) is 34.8 Å². The van der Waals surface area contributed by atoms with Gasteiger partial charge in [-0.2, -0.15) is 0 Å². The molecule has 0 unspecified atom stereocenters. The second kappa shape index (κ2) is 4.92. The van der Waals surface area contributed by atoms with E-state index >= 15 is 0 Å². The topological polar surface area (TPSA) is 46.5 Å². The van der Waals surface area contributed by atoms with Gasteiger partial charge in [0.1, 0.15) is 17.9 Å². The first-order valence-electron chi connectivity index (χ1n) is 3.92. The lowest BCUT2D eigenvalue weighted by molar-refractivity contribution is 0.0509. The summed E-state index contributed by atoms with van der Waals surface area (Å²) in [4.78, 5) is 11.4. The number of esters is 1. The third kappa shape index (κ3) is 4.16. The number of carbonyl (C=O) groups excluding carboxylic acids is 1. The average molecular weight is 270 g/mol. The van der Waals surface area contributed by atoms with E-state index in [1.54, 1.807) is 12.1 Å². The number of phenols is 1. The minimum atomic E-state index is -1.65. The third-order valence-electron chi connectivity index (χ3n) is 1.49. The fraction of sp³-hybridized carbons (Fsp3) is 0.222. The number of hydrogen-bond donors (Lipinski definition) is 1. The molecule has 1 rings (SSSR count). The summed E-state index contributed by atoms with van der Waals surface area (Å²) in [6, 6.07) is 5.95. The van der Waals surface area contributed by atoms with Crippen LogP contribution in [0.3, 0.4) is 0 Å². The molecule has 15 heavy (non-hydrogen) atoms. The van der Waals surface area contributed by atoms with Gasteiger partial charge in [-0.1, -0.05) is 46.9 Å². The van der Waals surface area contributed by atoms with E-state index in [0.717, 1.165) is 0 Å². The predicted octanol–water partition coefficient (Wildman–Crippen LogP) is 2.92. The number of alkyl halides is 3. The van der Waals surface area contributed by atoms with Gasteiger partial charge in [-0.15, -0.1) is 0 Å². The maximum absolute atomic E-state index is 11.4. The highest BCUT2D eigenvalue weighted by molar-refractivity contribution is 6.67. The van der Waals surface area contributed by atoms with E-state index in [0.29, 0.717) is 0 Å². The molecule has 0 aliphatic rings. The molecule has 3 nitrogen and oxygen atoms in total. The van der Waals surface area contributed by atoms with Crippen molar-refractivity contribution in [3.63, 3.8) is 0 Å². The smallest absolute Gasteiger partial charge is 0.342 e. The molecule has 0 heterocycles. The molecule has 0 spiro atoms. The van der Waals surface area contributed by atoms with Gasteiger partial charge in [-0.3, -0.25) is 0 Å². The molecule has 0 amide bonds. The Morgan fingerprint density at radius 2 is 1.93 bits per heavy atom. The minimum absolute atomic E-state index is 0.0340. The van der Waals surface area contributed by atoms with Crippen LogP contribution in [0.15, 0.2) is 24.3 Å².